The zero-order valence-electron chi connectivity index (χ0n) is 7.53. The minimum atomic E-state index is -0.951. The predicted molar refractivity (Wildman–Crippen MR) is 49.0 cm³/mol. The third-order valence-corrected chi connectivity index (χ3v) is 1.94. The lowest BCUT2D eigenvalue weighted by Gasteiger charge is -2.02. The van der Waals surface area contributed by atoms with Crippen molar-refractivity contribution in [2.24, 2.45) is 0 Å². The number of unbranched alkanes of at least 4 members (excludes halogenated alkanes) is 1. The normalized spacial score (nSPS) is 9.85. The third kappa shape index (κ3) is 4.31. The monoisotopic (exact) mass is 177 g/mol. The molecule has 13 heavy (non-hydrogen) atoms. The van der Waals surface area contributed by atoms with Gasteiger partial charge in [-0.25, -0.2) is 0 Å². The standard InChI is InChI=1S/C11H14O2/c12-11(13)9-5-4-8-10-6-2-1-3-7-10/h1-3,6-7H,4-5,8-9H2,(H,12,13)/p-1. The Bertz CT molecular complexity index is 254. The molecule has 1 rings (SSSR count). The molecule has 0 aliphatic carbocycles. The van der Waals surface area contributed by atoms with Gasteiger partial charge in [-0.3, -0.25) is 0 Å². The molecule has 0 amide bonds. The Labute approximate surface area is 78.2 Å². The van der Waals surface area contributed by atoms with Gasteiger partial charge in [0.2, 0.25) is 0 Å². The molecule has 0 fully saturated rings. The number of carbonyl (C=O) groups excluding carboxylic acids is 1. The van der Waals surface area contributed by atoms with Gasteiger partial charge < -0.3 is 9.90 Å². The fourth-order valence-corrected chi connectivity index (χ4v) is 1.24. The van der Waals surface area contributed by atoms with Crippen LogP contribution in [0.2, 0.25) is 0 Å². The summed E-state index contributed by atoms with van der Waals surface area (Å²) in [7, 11) is 0. The Morgan fingerprint density at radius 3 is 2.46 bits per heavy atom. The van der Waals surface area contributed by atoms with Crippen molar-refractivity contribution in [2.45, 2.75) is 25.7 Å². The summed E-state index contributed by atoms with van der Waals surface area (Å²) in [6.45, 7) is 0. The van der Waals surface area contributed by atoms with Crippen LogP contribution in [0.5, 0.6) is 0 Å². The highest BCUT2D eigenvalue weighted by molar-refractivity contribution is 5.64. The first-order chi connectivity index (χ1) is 6.29. The van der Waals surface area contributed by atoms with E-state index in [1.54, 1.807) is 0 Å². The van der Waals surface area contributed by atoms with E-state index in [1.807, 2.05) is 18.2 Å². The number of carbonyl (C=O) groups is 1. The number of benzene rings is 1. The molecule has 0 radical (unpaired) electrons. The van der Waals surface area contributed by atoms with E-state index in [0.29, 0.717) is 6.42 Å². The van der Waals surface area contributed by atoms with Gasteiger partial charge in [0.1, 0.15) is 0 Å². The zero-order valence-corrected chi connectivity index (χ0v) is 7.53. The van der Waals surface area contributed by atoms with Gasteiger partial charge in [-0.05, 0) is 31.2 Å². The van der Waals surface area contributed by atoms with Gasteiger partial charge in [-0.2, -0.15) is 0 Å². The SMILES string of the molecule is O=C([O-])CCCCc1ccccc1. The summed E-state index contributed by atoms with van der Waals surface area (Å²) in [6.07, 6.45) is 2.75. The van der Waals surface area contributed by atoms with E-state index in [0.717, 1.165) is 12.8 Å². The molecule has 1 aromatic rings. The summed E-state index contributed by atoms with van der Waals surface area (Å²) in [4.78, 5) is 10.1. The van der Waals surface area contributed by atoms with Crippen molar-refractivity contribution in [2.75, 3.05) is 0 Å². The molecular weight excluding hydrogens is 164 g/mol. The van der Waals surface area contributed by atoms with Crippen molar-refractivity contribution >= 4 is 5.97 Å². The van der Waals surface area contributed by atoms with Crippen molar-refractivity contribution < 1.29 is 9.90 Å². The average Bonchev–Trinajstić information content (AvgIpc) is 2.14. The highest BCUT2D eigenvalue weighted by Gasteiger charge is 1.92. The van der Waals surface area contributed by atoms with Gasteiger partial charge in [0.15, 0.2) is 0 Å². The summed E-state index contributed by atoms with van der Waals surface area (Å²) >= 11 is 0. The molecule has 2 heteroatoms. The lowest BCUT2D eigenvalue weighted by Crippen LogP contribution is -2.21. The zero-order chi connectivity index (χ0) is 9.52. The maximum atomic E-state index is 10.1. The van der Waals surface area contributed by atoms with Crippen LogP contribution in [0.4, 0.5) is 0 Å². The van der Waals surface area contributed by atoms with Gasteiger partial charge in [-0.15, -0.1) is 0 Å². The number of rotatable bonds is 5. The smallest absolute Gasteiger partial charge is 0.0414 e. The number of carboxylic acid groups (broad SMARTS) is 1. The molecule has 0 N–H and O–H groups in total. The second-order valence-corrected chi connectivity index (χ2v) is 3.06. The fourth-order valence-electron chi connectivity index (χ4n) is 1.24. The molecule has 0 aliphatic rings. The molecule has 1 aromatic carbocycles. The van der Waals surface area contributed by atoms with Gasteiger partial charge >= 0.3 is 0 Å². The van der Waals surface area contributed by atoms with Crippen LogP contribution in [-0.2, 0) is 11.2 Å². The van der Waals surface area contributed by atoms with Crippen LogP contribution < -0.4 is 5.11 Å². The Balaban J connectivity index is 2.17. The van der Waals surface area contributed by atoms with Crippen LogP contribution in [0.3, 0.4) is 0 Å². The molecule has 0 unspecified atom stereocenters. The van der Waals surface area contributed by atoms with Gasteiger partial charge in [-0.1, -0.05) is 30.3 Å². The van der Waals surface area contributed by atoms with E-state index < -0.39 is 5.97 Å². The van der Waals surface area contributed by atoms with E-state index in [2.05, 4.69) is 12.1 Å². The van der Waals surface area contributed by atoms with Crippen LogP contribution in [-0.4, -0.2) is 5.97 Å². The number of hydrogen-bond donors (Lipinski definition) is 0. The van der Waals surface area contributed by atoms with Crippen LogP contribution in [0.15, 0.2) is 30.3 Å². The number of hydrogen-bond acceptors (Lipinski definition) is 2. The molecule has 70 valence electrons. The van der Waals surface area contributed by atoms with E-state index in [4.69, 9.17) is 0 Å². The maximum Gasteiger partial charge on any atom is 0.0414 e. The minimum Gasteiger partial charge on any atom is -0.550 e. The molecule has 0 bridgehead atoms. The largest absolute Gasteiger partial charge is 0.550 e. The van der Waals surface area contributed by atoms with Crippen LogP contribution in [0.1, 0.15) is 24.8 Å². The lowest BCUT2D eigenvalue weighted by atomic mass is 10.1. The van der Waals surface area contributed by atoms with Crippen molar-refractivity contribution in [3.8, 4) is 0 Å². The van der Waals surface area contributed by atoms with E-state index >= 15 is 0 Å². The predicted octanol–water partition coefficient (Wildman–Crippen LogP) is 1.15. The number of carboxylic acids is 1. The lowest BCUT2D eigenvalue weighted by molar-refractivity contribution is -0.305. The van der Waals surface area contributed by atoms with Gasteiger partial charge in [0, 0.05) is 5.97 Å². The van der Waals surface area contributed by atoms with Crippen molar-refractivity contribution in [1.29, 1.82) is 0 Å². The van der Waals surface area contributed by atoms with Crippen molar-refractivity contribution in [3.63, 3.8) is 0 Å². The molecular formula is C11H13O2-. The molecule has 0 saturated heterocycles. The Hall–Kier alpha value is -1.31. The average molecular weight is 177 g/mol. The van der Waals surface area contributed by atoms with Gasteiger partial charge in [0.05, 0.1) is 0 Å². The first-order valence-corrected chi connectivity index (χ1v) is 4.53. The third-order valence-electron chi connectivity index (χ3n) is 1.94. The molecule has 0 aliphatic heterocycles. The van der Waals surface area contributed by atoms with Crippen LogP contribution >= 0.6 is 0 Å². The summed E-state index contributed by atoms with van der Waals surface area (Å²) in [5, 5.41) is 10.1. The van der Waals surface area contributed by atoms with E-state index in [9.17, 15) is 9.90 Å². The topological polar surface area (TPSA) is 40.1 Å². The molecule has 0 spiro atoms. The second-order valence-electron chi connectivity index (χ2n) is 3.06. The highest BCUT2D eigenvalue weighted by Crippen LogP contribution is 2.05. The molecule has 0 atom stereocenters. The molecule has 2 nitrogen and oxygen atoms in total. The van der Waals surface area contributed by atoms with Crippen LogP contribution in [0, 0.1) is 0 Å². The minimum absolute atomic E-state index is 0.173. The maximum absolute atomic E-state index is 10.1. The number of aliphatic carboxylic acids is 1. The van der Waals surface area contributed by atoms with Crippen LogP contribution in [0.25, 0.3) is 0 Å². The Kier molecular flexibility index (Phi) is 4.03. The first kappa shape index (κ1) is 9.78. The quantitative estimate of drug-likeness (QED) is 0.633. The van der Waals surface area contributed by atoms with E-state index in [1.165, 1.54) is 5.56 Å². The molecule has 0 heterocycles. The first-order valence-electron chi connectivity index (χ1n) is 4.53. The highest BCUT2D eigenvalue weighted by atomic mass is 16.4. The van der Waals surface area contributed by atoms with Crippen molar-refractivity contribution in [3.05, 3.63) is 35.9 Å². The van der Waals surface area contributed by atoms with Gasteiger partial charge in [0.25, 0.3) is 0 Å². The van der Waals surface area contributed by atoms with Crippen molar-refractivity contribution in [1.82, 2.24) is 0 Å². The molecule has 0 saturated carbocycles. The fraction of sp³-hybridized carbons (Fsp3) is 0.364. The summed E-state index contributed by atoms with van der Waals surface area (Å²) < 4.78 is 0. The summed E-state index contributed by atoms with van der Waals surface area (Å²) in [5.41, 5.74) is 1.26. The Morgan fingerprint density at radius 1 is 1.15 bits per heavy atom. The second kappa shape index (κ2) is 5.36. The summed E-state index contributed by atoms with van der Waals surface area (Å²) in [5.74, 6) is -0.951. The summed E-state index contributed by atoms with van der Waals surface area (Å²) in [6, 6.07) is 10.1. The Morgan fingerprint density at radius 2 is 1.85 bits per heavy atom. The number of aryl methyl sites for hydroxylation is 1. The van der Waals surface area contributed by atoms with E-state index in [-0.39, 0.29) is 6.42 Å². The molecule has 0 aromatic heterocycles.